The molecule has 0 saturated heterocycles. The summed E-state index contributed by atoms with van der Waals surface area (Å²) < 4.78 is 5.85. The van der Waals surface area contributed by atoms with Gasteiger partial charge in [-0.3, -0.25) is 0 Å². The number of hydrogen-bond donors (Lipinski definition) is 1. The second kappa shape index (κ2) is 3.86. The lowest BCUT2D eigenvalue weighted by molar-refractivity contribution is 0.298. The van der Waals surface area contributed by atoms with E-state index in [1.807, 2.05) is 32.0 Å². The maximum absolute atomic E-state index is 6.03. The minimum Gasteiger partial charge on any atom is -0.490 e. The minimum atomic E-state index is -0.178. The van der Waals surface area contributed by atoms with Crippen molar-refractivity contribution in [2.75, 3.05) is 0 Å². The molecule has 1 fully saturated rings. The highest BCUT2D eigenvalue weighted by molar-refractivity contribution is 5.35. The predicted octanol–water partition coefficient (Wildman–Crippen LogP) is 2.51. The van der Waals surface area contributed by atoms with Crippen LogP contribution >= 0.6 is 0 Å². The molecule has 1 aliphatic carbocycles. The van der Waals surface area contributed by atoms with Crippen molar-refractivity contribution in [2.24, 2.45) is 5.73 Å². The van der Waals surface area contributed by atoms with Crippen LogP contribution in [0.3, 0.4) is 0 Å². The number of hydrogen-bond acceptors (Lipinski definition) is 2. The summed E-state index contributed by atoms with van der Waals surface area (Å²) in [4.78, 5) is 0. The minimum absolute atomic E-state index is 0.178. The van der Waals surface area contributed by atoms with Crippen LogP contribution in [0.25, 0.3) is 0 Å². The van der Waals surface area contributed by atoms with Crippen LogP contribution in [0.2, 0.25) is 0 Å². The normalized spacial score (nSPS) is 16.5. The smallest absolute Gasteiger partial charge is 0.122 e. The first-order valence-corrected chi connectivity index (χ1v) is 5.58. The summed E-state index contributed by atoms with van der Waals surface area (Å²) in [5, 5.41) is 0. The predicted molar refractivity (Wildman–Crippen MR) is 62.1 cm³/mol. The van der Waals surface area contributed by atoms with Gasteiger partial charge in [-0.25, -0.2) is 0 Å². The van der Waals surface area contributed by atoms with E-state index in [4.69, 9.17) is 10.5 Å². The van der Waals surface area contributed by atoms with Gasteiger partial charge >= 0.3 is 0 Å². The van der Waals surface area contributed by atoms with Gasteiger partial charge < -0.3 is 10.5 Å². The summed E-state index contributed by atoms with van der Waals surface area (Å²) in [6, 6.07) is 8.21. The van der Waals surface area contributed by atoms with Crippen LogP contribution < -0.4 is 10.5 Å². The van der Waals surface area contributed by atoms with Crippen molar-refractivity contribution >= 4 is 0 Å². The molecule has 82 valence electrons. The van der Waals surface area contributed by atoms with Gasteiger partial charge in [0.05, 0.1) is 6.10 Å². The third kappa shape index (κ3) is 3.24. The quantitative estimate of drug-likeness (QED) is 0.819. The Kier molecular flexibility index (Phi) is 2.70. The Morgan fingerprint density at radius 2 is 2.00 bits per heavy atom. The van der Waals surface area contributed by atoms with Crippen LogP contribution in [-0.2, 0) is 6.42 Å². The molecule has 0 atom stereocenters. The highest BCUT2D eigenvalue weighted by Crippen LogP contribution is 2.30. The Morgan fingerprint density at radius 1 is 1.33 bits per heavy atom. The zero-order valence-electron chi connectivity index (χ0n) is 9.49. The highest BCUT2D eigenvalue weighted by atomic mass is 16.5. The first-order chi connectivity index (χ1) is 7.04. The van der Waals surface area contributed by atoms with Crippen molar-refractivity contribution in [1.82, 2.24) is 0 Å². The Bertz CT molecular complexity index is 337. The van der Waals surface area contributed by atoms with Crippen molar-refractivity contribution in [3.63, 3.8) is 0 Å². The third-order valence-corrected chi connectivity index (χ3v) is 2.44. The lowest BCUT2D eigenvalue weighted by atomic mass is 9.96. The molecule has 1 aromatic carbocycles. The van der Waals surface area contributed by atoms with E-state index in [1.54, 1.807) is 0 Å². The second-order valence-electron chi connectivity index (χ2n) is 5.09. The Morgan fingerprint density at radius 3 is 2.60 bits per heavy atom. The van der Waals surface area contributed by atoms with E-state index in [1.165, 1.54) is 18.4 Å². The van der Waals surface area contributed by atoms with Gasteiger partial charge in [0.15, 0.2) is 0 Å². The molecule has 1 saturated carbocycles. The van der Waals surface area contributed by atoms with Crippen LogP contribution in [0, 0.1) is 0 Å². The number of benzene rings is 1. The van der Waals surface area contributed by atoms with Gasteiger partial charge in [0, 0.05) is 5.54 Å². The molecule has 15 heavy (non-hydrogen) atoms. The molecule has 2 heteroatoms. The zero-order valence-corrected chi connectivity index (χ0v) is 9.49. The Balaban J connectivity index is 2.13. The molecule has 1 aliphatic rings. The summed E-state index contributed by atoms with van der Waals surface area (Å²) in [5.74, 6) is 1.01. The zero-order chi connectivity index (χ0) is 10.9. The van der Waals surface area contributed by atoms with Gasteiger partial charge in [-0.05, 0) is 44.7 Å². The molecule has 0 aromatic heterocycles. The van der Waals surface area contributed by atoms with Gasteiger partial charge in [0.2, 0.25) is 0 Å². The maximum atomic E-state index is 6.03. The molecule has 2 nitrogen and oxygen atoms in total. The van der Waals surface area contributed by atoms with E-state index in [2.05, 4.69) is 6.07 Å². The van der Waals surface area contributed by atoms with Gasteiger partial charge in [-0.1, -0.05) is 18.2 Å². The van der Waals surface area contributed by atoms with E-state index in [-0.39, 0.29) is 5.54 Å². The molecule has 0 bridgehead atoms. The molecular formula is C13H19NO. The molecule has 0 aliphatic heterocycles. The van der Waals surface area contributed by atoms with Crippen LogP contribution in [0.1, 0.15) is 32.3 Å². The molecule has 0 amide bonds. The van der Waals surface area contributed by atoms with E-state index < -0.39 is 0 Å². The van der Waals surface area contributed by atoms with Crippen molar-refractivity contribution in [3.8, 4) is 5.75 Å². The van der Waals surface area contributed by atoms with Crippen LogP contribution in [0.4, 0.5) is 0 Å². The number of para-hydroxylation sites is 1. The summed E-state index contributed by atoms with van der Waals surface area (Å²) in [5.41, 5.74) is 7.07. The van der Waals surface area contributed by atoms with E-state index in [0.29, 0.717) is 6.10 Å². The molecule has 0 heterocycles. The van der Waals surface area contributed by atoms with Crippen LogP contribution in [0.15, 0.2) is 24.3 Å². The topological polar surface area (TPSA) is 35.2 Å². The largest absolute Gasteiger partial charge is 0.490 e. The first-order valence-electron chi connectivity index (χ1n) is 5.58. The van der Waals surface area contributed by atoms with E-state index in [9.17, 15) is 0 Å². The van der Waals surface area contributed by atoms with Crippen molar-refractivity contribution in [1.29, 1.82) is 0 Å². The molecule has 0 spiro atoms. The second-order valence-corrected chi connectivity index (χ2v) is 5.09. The summed E-state index contributed by atoms with van der Waals surface area (Å²) in [7, 11) is 0. The molecule has 1 aromatic rings. The average Bonchev–Trinajstić information content (AvgIpc) is 2.89. The molecule has 0 radical (unpaired) electrons. The maximum Gasteiger partial charge on any atom is 0.122 e. The monoisotopic (exact) mass is 205 g/mol. The average molecular weight is 205 g/mol. The SMILES string of the molecule is CC(C)(N)Cc1ccccc1OC1CC1. The fraction of sp³-hybridized carbons (Fsp3) is 0.538. The van der Waals surface area contributed by atoms with Gasteiger partial charge in [0.25, 0.3) is 0 Å². The summed E-state index contributed by atoms with van der Waals surface area (Å²) in [6.45, 7) is 4.09. The standard InChI is InChI=1S/C13H19NO/c1-13(2,14)9-10-5-3-4-6-12(10)15-11-7-8-11/h3-6,11H,7-9,14H2,1-2H3. The number of nitrogens with two attached hydrogens (primary N) is 1. The van der Waals surface area contributed by atoms with E-state index in [0.717, 1.165) is 12.2 Å². The number of ether oxygens (including phenoxy) is 1. The lowest BCUT2D eigenvalue weighted by Gasteiger charge is -2.20. The third-order valence-electron chi connectivity index (χ3n) is 2.44. The van der Waals surface area contributed by atoms with Gasteiger partial charge in [0.1, 0.15) is 5.75 Å². The number of rotatable bonds is 4. The summed E-state index contributed by atoms with van der Waals surface area (Å²) in [6.07, 6.45) is 3.70. The van der Waals surface area contributed by atoms with Gasteiger partial charge in [-0.2, -0.15) is 0 Å². The molecule has 0 unspecified atom stereocenters. The van der Waals surface area contributed by atoms with Crippen molar-refractivity contribution in [3.05, 3.63) is 29.8 Å². The molecule has 2 N–H and O–H groups in total. The Hall–Kier alpha value is -1.02. The molecular weight excluding hydrogens is 186 g/mol. The fourth-order valence-electron chi connectivity index (χ4n) is 1.62. The Labute approximate surface area is 91.4 Å². The fourth-order valence-corrected chi connectivity index (χ4v) is 1.62. The van der Waals surface area contributed by atoms with Crippen molar-refractivity contribution < 1.29 is 4.74 Å². The first kappa shape index (κ1) is 10.5. The lowest BCUT2D eigenvalue weighted by Crippen LogP contribution is -2.34. The van der Waals surface area contributed by atoms with Crippen LogP contribution in [-0.4, -0.2) is 11.6 Å². The summed E-state index contributed by atoms with van der Waals surface area (Å²) >= 11 is 0. The molecule has 2 rings (SSSR count). The van der Waals surface area contributed by atoms with Gasteiger partial charge in [-0.15, -0.1) is 0 Å². The van der Waals surface area contributed by atoms with Crippen LogP contribution in [0.5, 0.6) is 5.75 Å². The van der Waals surface area contributed by atoms with Crippen molar-refractivity contribution in [2.45, 2.75) is 44.8 Å². The van der Waals surface area contributed by atoms with E-state index >= 15 is 0 Å². The highest BCUT2D eigenvalue weighted by Gasteiger charge is 2.25.